The quantitative estimate of drug-likeness (QED) is 0.259. The maximum atomic E-state index is 9.76. The van der Waals surface area contributed by atoms with Crippen LogP contribution in [0.3, 0.4) is 0 Å². The third-order valence-electron chi connectivity index (χ3n) is 4.95. The predicted molar refractivity (Wildman–Crippen MR) is 99.7 cm³/mol. The van der Waals surface area contributed by atoms with E-state index in [0.29, 0.717) is 19.3 Å². The highest BCUT2D eigenvalue weighted by Crippen LogP contribution is 2.11. The van der Waals surface area contributed by atoms with E-state index in [1.165, 1.54) is 69.2 Å². The molecule has 0 aliphatic rings. The molecule has 0 aromatic rings. The minimum absolute atomic E-state index is 0.0633. The van der Waals surface area contributed by atoms with Crippen molar-refractivity contribution in [3.05, 3.63) is 0 Å². The molecule has 0 radical (unpaired) electrons. The van der Waals surface area contributed by atoms with Crippen molar-refractivity contribution in [2.75, 3.05) is 26.2 Å². The molecule has 0 aromatic heterocycles. The van der Waals surface area contributed by atoms with Gasteiger partial charge in [-0.1, -0.05) is 32.6 Å². The van der Waals surface area contributed by atoms with Gasteiger partial charge >= 0.3 is 0 Å². The van der Waals surface area contributed by atoms with Gasteiger partial charge in [-0.3, -0.25) is 0 Å². The molecule has 0 saturated heterocycles. The summed E-state index contributed by atoms with van der Waals surface area (Å²) in [6.45, 7) is 14.6. The molecule has 4 nitrogen and oxygen atoms in total. The summed E-state index contributed by atoms with van der Waals surface area (Å²) in [6.07, 6.45) is 11.0. The standard InChI is InChI=1S/C14H32N.C6H10O3/c1-5-9-10-11-12-13-14-15(6-2,7-3)8-4;7-5-3-1-2-4-6(8)9/h5-14H2,1-4H3;5H,1-4H2,(H,8,9)/q+1;/p-1. The lowest BCUT2D eigenvalue weighted by Crippen LogP contribution is -2.48. The molecule has 0 unspecified atom stereocenters. The Morgan fingerprint density at radius 2 is 1.38 bits per heavy atom. The van der Waals surface area contributed by atoms with Crippen molar-refractivity contribution in [1.82, 2.24) is 0 Å². The van der Waals surface area contributed by atoms with Gasteiger partial charge in [0.25, 0.3) is 0 Å². The van der Waals surface area contributed by atoms with E-state index in [0.717, 1.165) is 6.29 Å². The van der Waals surface area contributed by atoms with Gasteiger partial charge in [-0.25, -0.2) is 0 Å². The smallest absolute Gasteiger partial charge is 0.119 e. The maximum absolute atomic E-state index is 9.76. The lowest BCUT2D eigenvalue weighted by molar-refractivity contribution is -0.923. The molecule has 0 aromatic carbocycles. The summed E-state index contributed by atoms with van der Waals surface area (Å²) < 4.78 is 1.33. The normalized spacial score (nSPS) is 10.8. The number of carboxylic acids is 1. The van der Waals surface area contributed by atoms with Crippen LogP contribution in [0.25, 0.3) is 0 Å². The van der Waals surface area contributed by atoms with Crippen LogP contribution in [0.1, 0.15) is 91.9 Å². The van der Waals surface area contributed by atoms with Crippen LogP contribution in [0.4, 0.5) is 0 Å². The zero-order chi connectivity index (χ0) is 18.7. The number of hydrogen-bond donors (Lipinski definition) is 0. The number of hydrogen-bond acceptors (Lipinski definition) is 3. The van der Waals surface area contributed by atoms with E-state index in [-0.39, 0.29) is 6.42 Å². The van der Waals surface area contributed by atoms with Crippen molar-refractivity contribution in [3.8, 4) is 0 Å². The van der Waals surface area contributed by atoms with Gasteiger partial charge in [-0.05, 0) is 52.9 Å². The number of unbranched alkanes of at least 4 members (excludes halogenated alkanes) is 7. The van der Waals surface area contributed by atoms with E-state index in [1.54, 1.807) is 0 Å². The van der Waals surface area contributed by atoms with Crippen LogP contribution in [-0.4, -0.2) is 42.9 Å². The van der Waals surface area contributed by atoms with Crippen LogP contribution >= 0.6 is 0 Å². The van der Waals surface area contributed by atoms with E-state index in [4.69, 9.17) is 0 Å². The first kappa shape index (κ1) is 25.3. The molecule has 0 rings (SSSR count). The largest absolute Gasteiger partial charge is 0.550 e. The molecular formula is C20H41NO3. The maximum Gasteiger partial charge on any atom is 0.119 e. The Balaban J connectivity index is 0. The highest BCUT2D eigenvalue weighted by Gasteiger charge is 2.19. The fraction of sp³-hybridized carbons (Fsp3) is 0.900. The average molecular weight is 344 g/mol. The Morgan fingerprint density at radius 1 is 0.833 bits per heavy atom. The van der Waals surface area contributed by atoms with Crippen molar-refractivity contribution in [2.24, 2.45) is 0 Å². The van der Waals surface area contributed by atoms with Crippen molar-refractivity contribution < 1.29 is 19.2 Å². The highest BCUT2D eigenvalue weighted by molar-refractivity contribution is 5.64. The summed E-state index contributed by atoms with van der Waals surface area (Å²) in [5, 5.41) is 9.76. The van der Waals surface area contributed by atoms with Crippen molar-refractivity contribution in [3.63, 3.8) is 0 Å². The number of nitrogens with zero attached hydrogens (tertiary/aromatic N) is 1. The van der Waals surface area contributed by atoms with Gasteiger partial charge in [0.05, 0.1) is 26.2 Å². The van der Waals surface area contributed by atoms with E-state index in [2.05, 4.69) is 27.7 Å². The van der Waals surface area contributed by atoms with Crippen molar-refractivity contribution in [1.29, 1.82) is 0 Å². The topological polar surface area (TPSA) is 57.2 Å². The number of quaternary nitrogens is 1. The van der Waals surface area contributed by atoms with Crippen LogP contribution in [0.15, 0.2) is 0 Å². The molecule has 0 heterocycles. The number of carbonyl (C=O) groups is 2. The van der Waals surface area contributed by atoms with E-state index in [1.807, 2.05) is 0 Å². The zero-order valence-corrected chi connectivity index (χ0v) is 16.6. The lowest BCUT2D eigenvalue weighted by atomic mass is 10.1. The third kappa shape index (κ3) is 16.0. The Labute approximate surface area is 150 Å². The molecule has 0 aliphatic heterocycles. The van der Waals surface area contributed by atoms with Crippen LogP contribution in [0.2, 0.25) is 0 Å². The second-order valence-electron chi connectivity index (χ2n) is 6.57. The molecule has 0 aliphatic carbocycles. The number of carbonyl (C=O) groups excluding carboxylic acids is 2. The molecule has 0 atom stereocenters. The average Bonchev–Trinajstić information content (AvgIpc) is 2.59. The summed E-state index contributed by atoms with van der Waals surface area (Å²) in [4.78, 5) is 19.4. The first-order chi connectivity index (χ1) is 11.5. The van der Waals surface area contributed by atoms with Gasteiger partial charge in [0.2, 0.25) is 0 Å². The molecule has 0 saturated carbocycles. The second kappa shape index (κ2) is 18.4. The number of aliphatic carboxylic acids is 1. The minimum atomic E-state index is -1.04. The van der Waals surface area contributed by atoms with Crippen LogP contribution in [-0.2, 0) is 9.59 Å². The summed E-state index contributed by atoms with van der Waals surface area (Å²) in [5.41, 5.74) is 0. The zero-order valence-electron chi connectivity index (χ0n) is 16.6. The van der Waals surface area contributed by atoms with E-state index >= 15 is 0 Å². The van der Waals surface area contributed by atoms with E-state index in [9.17, 15) is 14.7 Å². The van der Waals surface area contributed by atoms with E-state index < -0.39 is 5.97 Å². The summed E-state index contributed by atoms with van der Waals surface area (Å²) >= 11 is 0. The fourth-order valence-electron chi connectivity index (χ4n) is 2.87. The molecule has 24 heavy (non-hydrogen) atoms. The van der Waals surface area contributed by atoms with Gasteiger partial charge in [-0.15, -0.1) is 0 Å². The van der Waals surface area contributed by atoms with Gasteiger partial charge in [0.1, 0.15) is 6.29 Å². The van der Waals surface area contributed by atoms with Crippen molar-refractivity contribution >= 4 is 12.3 Å². The molecule has 0 N–H and O–H groups in total. The fourth-order valence-corrected chi connectivity index (χ4v) is 2.87. The van der Waals surface area contributed by atoms with Crippen molar-refractivity contribution in [2.45, 2.75) is 91.9 Å². The van der Waals surface area contributed by atoms with Crippen LogP contribution in [0.5, 0.6) is 0 Å². The van der Waals surface area contributed by atoms with Gasteiger partial charge in [-0.2, -0.15) is 0 Å². The van der Waals surface area contributed by atoms with Gasteiger partial charge in [0.15, 0.2) is 0 Å². The Morgan fingerprint density at radius 3 is 1.83 bits per heavy atom. The Bertz CT molecular complexity index is 280. The molecule has 0 spiro atoms. The Kier molecular flexibility index (Phi) is 19.5. The highest BCUT2D eigenvalue weighted by atomic mass is 16.4. The molecule has 0 amide bonds. The molecule has 0 fully saturated rings. The summed E-state index contributed by atoms with van der Waals surface area (Å²) in [5.74, 6) is -1.04. The molecule has 0 bridgehead atoms. The lowest BCUT2D eigenvalue weighted by Gasteiger charge is -2.35. The molecular weight excluding hydrogens is 302 g/mol. The second-order valence-corrected chi connectivity index (χ2v) is 6.57. The first-order valence-corrected chi connectivity index (χ1v) is 10.00. The van der Waals surface area contributed by atoms with Gasteiger partial charge in [0, 0.05) is 12.4 Å². The SMILES string of the molecule is CCCCCCCC[N+](CC)(CC)CC.O=CCCCCC(=O)[O-]. The molecule has 4 heteroatoms. The molecule has 144 valence electrons. The van der Waals surface area contributed by atoms with Crippen LogP contribution in [0, 0.1) is 0 Å². The number of rotatable bonds is 15. The number of carboxylic acid groups (broad SMARTS) is 1. The van der Waals surface area contributed by atoms with Gasteiger partial charge < -0.3 is 19.2 Å². The monoisotopic (exact) mass is 343 g/mol. The first-order valence-electron chi connectivity index (χ1n) is 10.00. The minimum Gasteiger partial charge on any atom is -0.550 e. The predicted octanol–water partition coefficient (Wildman–Crippen LogP) is 3.72. The van der Waals surface area contributed by atoms with Crippen LogP contribution < -0.4 is 5.11 Å². The third-order valence-corrected chi connectivity index (χ3v) is 4.95. The summed E-state index contributed by atoms with van der Waals surface area (Å²) in [7, 11) is 0. The Hall–Kier alpha value is -0.900. The summed E-state index contributed by atoms with van der Waals surface area (Å²) in [6, 6.07) is 0. The number of aldehydes is 1.